The maximum absolute atomic E-state index is 11.6. The van der Waals surface area contributed by atoms with Crippen molar-refractivity contribution in [2.24, 2.45) is 5.16 Å². The summed E-state index contributed by atoms with van der Waals surface area (Å²) in [4.78, 5) is 20.7. The van der Waals surface area contributed by atoms with Crippen LogP contribution in [0.1, 0.15) is 5.56 Å². The second-order valence-electron chi connectivity index (χ2n) is 3.16. The van der Waals surface area contributed by atoms with E-state index in [2.05, 4.69) is 20.1 Å². The average Bonchev–Trinajstić information content (AvgIpc) is 2.72. The molecule has 0 fully saturated rings. The van der Waals surface area contributed by atoms with Crippen molar-refractivity contribution in [2.45, 2.75) is 0 Å². The molecule has 1 aliphatic heterocycles. The zero-order chi connectivity index (χ0) is 13.1. The van der Waals surface area contributed by atoms with E-state index in [0.717, 1.165) is 11.8 Å². The van der Waals surface area contributed by atoms with E-state index in [4.69, 9.17) is 17.5 Å². The standard InChI is InChI=1S/C9H7N3O4S2/c13-7-5(8(14)11-9(17)10-7)3-4-1-2-6(18-4)12-16-15/h1-3,15H,(H3,10,11,13,14,17). The minimum atomic E-state index is -0.499. The van der Waals surface area contributed by atoms with Crippen LogP contribution in [0.15, 0.2) is 27.0 Å². The Morgan fingerprint density at radius 1 is 1.44 bits per heavy atom. The smallest absolute Gasteiger partial charge is 0.262 e. The van der Waals surface area contributed by atoms with Gasteiger partial charge in [-0.15, -0.1) is 0 Å². The Labute approximate surface area is 109 Å². The van der Waals surface area contributed by atoms with Gasteiger partial charge >= 0.3 is 0 Å². The van der Waals surface area contributed by atoms with Crippen molar-refractivity contribution in [3.05, 3.63) is 37.7 Å². The van der Waals surface area contributed by atoms with Gasteiger partial charge in [-0.3, -0.25) is 9.78 Å². The van der Waals surface area contributed by atoms with E-state index < -0.39 is 5.56 Å². The number of H-pyrrole nitrogens is 2. The van der Waals surface area contributed by atoms with Crippen LogP contribution in [-0.2, 0) is 4.99 Å². The fraction of sp³-hybridized carbons (Fsp3) is 0. The number of aromatic nitrogens is 2. The molecule has 94 valence electrons. The molecule has 2 heterocycles. The highest BCUT2D eigenvalue weighted by atomic mass is 32.2. The zero-order valence-electron chi connectivity index (χ0n) is 8.71. The van der Waals surface area contributed by atoms with Crippen molar-refractivity contribution in [2.75, 3.05) is 0 Å². The minimum Gasteiger partial charge on any atom is -0.494 e. The number of hydrogen-bond acceptors (Lipinski definition) is 7. The van der Waals surface area contributed by atoms with Gasteiger partial charge in [-0.1, -0.05) is 11.8 Å². The van der Waals surface area contributed by atoms with E-state index in [1.165, 1.54) is 6.08 Å². The lowest BCUT2D eigenvalue weighted by molar-refractivity contribution is -0.242. The number of nitrogens with zero attached hydrogens (tertiary/aromatic N) is 1. The van der Waals surface area contributed by atoms with E-state index in [0.29, 0.717) is 9.95 Å². The van der Waals surface area contributed by atoms with Gasteiger partial charge < -0.3 is 10.1 Å². The summed E-state index contributed by atoms with van der Waals surface area (Å²) < 4.78 is 0.0465. The fourth-order valence-electron chi connectivity index (χ4n) is 1.27. The summed E-state index contributed by atoms with van der Waals surface area (Å²) in [5.74, 6) is -0.311. The molecular weight excluding hydrogens is 278 g/mol. The molecule has 0 amide bonds. The second-order valence-corrected chi connectivity index (χ2v) is 4.67. The summed E-state index contributed by atoms with van der Waals surface area (Å²) in [5.41, 5.74) is -0.441. The number of aromatic amines is 2. The fourth-order valence-corrected chi connectivity index (χ4v) is 2.22. The highest BCUT2D eigenvalue weighted by Gasteiger charge is 2.12. The lowest BCUT2D eigenvalue weighted by atomic mass is 10.3. The Morgan fingerprint density at radius 3 is 2.89 bits per heavy atom. The third kappa shape index (κ3) is 2.70. The van der Waals surface area contributed by atoms with Crippen LogP contribution in [0, 0.1) is 4.77 Å². The van der Waals surface area contributed by atoms with Gasteiger partial charge in [0.15, 0.2) is 4.77 Å². The topological polar surface area (TPSA) is 111 Å². The average molecular weight is 285 g/mol. The van der Waals surface area contributed by atoms with Gasteiger partial charge in [0.05, 0.1) is 0 Å². The summed E-state index contributed by atoms with van der Waals surface area (Å²) in [6, 6.07) is 0. The molecule has 1 aromatic rings. The van der Waals surface area contributed by atoms with Crippen molar-refractivity contribution in [1.29, 1.82) is 0 Å². The number of rotatable bonds is 2. The first kappa shape index (κ1) is 12.6. The molecule has 0 spiro atoms. The quantitative estimate of drug-likeness (QED) is 0.373. The predicted molar refractivity (Wildman–Crippen MR) is 69.8 cm³/mol. The summed E-state index contributed by atoms with van der Waals surface area (Å²) in [7, 11) is 0. The van der Waals surface area contributed by atoms with Gasteiger partial charge in [0.1, 0.15) is 10.6 Å². The molecule has 9 heteroatoms. The molecule has 18 heavy (non-hydrogen) atoms. The highest BCUT2D eigenvalue weighted by molar-refractivity contribution is 8.18. The summed E-state index contributed by atoms with van der Waals surface area (Å²) in [5, 5.41) is 21.5. The number of allylic oxidation sites excluding steroid dienone is 1. The molecule has 0 bridgehead atoms. The van der Waals surface area contributed by atoms with Crippen LogP contribution in [-0.4, -0.2) is 25.4 Å². The van der Waals surface area contributed by atoms with Gasteiger partial charge in [-0.2, -0.15) is 5.26 Å². The molecule has 0 aliphatic carbocycles. The number of oxime groups is 1. The summed E-state index contributed by atoms with van der Waals surface area (Å²) >= 11 is 5.87. The molecule has 0 saturated carbocycles. The van der Waals surface area contributed by atoms with Crippen molar-refractivity contribution >= 4 is 35.1 Å². The molecule has 0 atom stereocenters. The van der Waals surface area contributed by atoms with Crippen LogP contribution < -0.4 is 5.56 Å². The third-order valence-electron chi connectivity index (χ3n) is 1.99. The Kier molecular flexibility index (Phi) is 3.65. The molecule has 0 saturated heterocycles. The molecular formula is C9H7N3O4S2. The Bertz CT molecular complexity index is 671. The second kappa shape index (κ2) is 5.21. The summed E-state index contributed by atoms with van der Waals surface area (Å²) in [6.45, 7) is 0. The Morgan fingerprint density at radius 2 is 2.22 bits per heavy atom. The molecule has 0 unspecified atom stereocenters. The van der Waals surface area contributed by atoms with Crippen LogP contribution in [0.3, 0.4) is 0 Å². The minimum absolute atomic E-state index is 0.0465. The maximum atomic E-state index is 11.6. The van der Waals surface area contributed by atoms with Crippen molar-refractivity contribution < 1.29 is 15.4 Å². The lowest BCUT2D eigenvalue weighted by Gasteiger charge is -1.99. The molecule has 1 aromatic heterocycles. The van der Waals surface area contributed by atoms with Gasteiger partial charge in [-0.25, -0.2) is 4.99 Å². The van der Waals surface area contributed by atoms with Crippen LogP contribution in [0.5, 0.6) is 5.88 Å². The van der Waals surface area contributed by atoms with Gasteiger partial charge in [0.25, 0.3) is 5.56 Å². The first-order valence-corrected chi connectivity index (χ1v) is 5.84. The van der Waals surface area contributed by atoms with Crippen LogP contribution in [0.25, 0.3) is 6.08 Å². The molecule has 0 radical (unpaired) electrons. The van der Waals surface area contributed by atoms with Crippen LogP contribution >= 0.6 is 24.0 Å². The molecule has 4 N–H and O–H groups in total. The van der Waals surface area contributed by atoms with Gasteiger partial charge in [0, 0.05) is 4.91 Å². The van der Waals surface area contributed by atoms with E-state index in [1.54, 1.807) is 12.2 Å². The van der Waals surface area contributed by atoms with E-state index >= 15 is 0 Å². The lowest BCUT2D eigenvalue weighted by Crippen LogP contribution is -2.10. The van der Waals surface area contributed by atoms with Crippen LogP contribution in [0.2, 0.25) is 0 Å². The molecule has 7 nitrogen and oxygen atoms in total. The first-order chi connectivity index (χ1) is 8.60. The number of aromatic hydroxyl groups is 1. The number of hydrogen-bond donors (Lipinski definition) is 4. The van der Waals surface area contributed by atoms with Gasteiger partial charge in [-0.05, 0) is 35.6 Å². The third-order valence-corrected chi connectivity index (χ3v) is 3.10. The molecule has 1 aliphatic rings. The largest absolute Gasteiger partial charge is 0.494 e. The first-order valence-electron chi connectivity index (χ1n) is 4.62. The normalized spacial score (nSPS) is 18.7. The van der Waals surface area contributed by atoms with E-state index in [1.807, 2.05) is 0 Å². The summed E-state index contributed by atoms with van der Waals surface area (Å²) in [6.07, 6.45) is 4.70. The predicted octanol–water partition coefficient (Wildman–Crippen LogP) is 1.59. The Hall–Kier alpha value is -1.84. The van der Waals surface area contributed by atoms with Crippen molar-refractivity contribution in [3.63, 3.8) is 0 Å². The van der Waals surface area contributed by atoms with Crippen molar-refractivity contribution in [1.82, 2.24) is 9.97 Å². The Balaban J connectivity index is 2.37. The monoisotopic (exact) mass is 285 g/mol. The zero-order valence-corrected chi connectivity index (χ0v) is 10.3. The number of thioether (sulfide) groups is 1. The SMILES string of the molecule is O=c1[nH]c(=S)[nH]c(O)c1C=C1C=CC(=NOO)S1. The van der Waals surface area contributed by atoms with Gasteiger partial charge in [0.2, 0.25) is 5.88 Å². The maximum Gasteiger partial charge on any atom is 0.262 e. The molecule has 0 aromatic carbocycles. The van der Waals surface area contributed by atoms with Crippen LogP contribution in [0.4, 0.5) is 0 Å². The number of nitrogens with one attached hydrogen (secondary N) is 2. The van der Waals surface area contributed by atoms with E-state index in [-0.39, 0.29) is 16.2 Å². The van der Waals surface area contributed by atoms with E-state index in [9.17, 15) is 9.90 Å². The highest BCUT2D eigenvalue weighted by Crippen LogP contribution is 2.29. The molecule has 2 rings (SSSR count). The van der Waals surface area contributed by atoms with Crippen molar-refractivity contribution in [3.8, 4) is 5.88 Å².